The first-order valence-corrected chi connectivity index (χ1v) is 4.85. The molecule has 12 heavy (non-hydrogen) atoms. The molecule has 0 bridgehead atoms. The van der Waals surface area contributed by atoms with E-state index >= 15 is 0 Å². The Labute approximate surface area is 73.9 Å². The van der Waals surface area contributed by atoms with E-state index in [2.05, 4.69) is 0 Å². The molecule has 0 aliphatic carbocycles. The zero-order chi connectivity index (χ0) is 8.97. The molecule has 1 atom stereocenters. The average Bonchev–Trinajstić information content (AvgIpc) is 2.03. The monoisotopic (exact) mass is 185 g/mol. The fourth-order valence-electron chi connectivity index (χ4n) is 0.989. The Morgan fingerprint density at radius 3 is 2.67 bits per heavy atom. The summed E-state index contributed by atoms with van der Waals surface area (Å²) >= 11 is -1.77. The highest BCUT2D eigenvalue weighted by molar-refractivity contribution is 7.78. The Morgan fingerprint density at radius 2 is 2.08 bits per heavy atom. The minimum atomic E-state index is -1.77. The molecule has 1 unspecified atom stereocenters. The summed E-state index contributed by atoms with van der Waals surface area (Å²) in [5.74, 6) is 0.174. The van der Waals surface area contributed by atoms with Crippen LogP contribution in [0, 0.1) is 0 Å². The molecule has 0 heterocycles. The van der Waals surface area contributed by atoms with Crippen LogP contribution in [0.4, 0.5) is 0 Å². The second kappa shape index (κ2) is 4.35. The molecule has 0 saturated heterocycles. The molecule has 0 fully saturated rings. The molecule has 3 nitrogen and oxygen atoms in total. The molecule has 0 amide bonds. The van der Waals surface area contributed by atoms with Gasteiger partial charge in [-0.1, -0.05) is 24.3 Å². The molecule has 0 spiro atoms. The molecular formula is C8H11NO2S. The molecule has 0 aromatic heterocycles. The molecule has 1 aromatic carbocycles. The highest BCUT2D eigenvalue weighted by Crippen LogP contribution is 2.06. The number of hydrogen-bond donors (Lipinski definition) is 2. The van der Waals surface area contributed by atoms with Crippen molar-refractivity contribution in [2.24, 2.45) is 5.73 Å². The van der Waals surface area contributed by atoms with Crippen molar-refractivity contribution < 1.29 is 8.76 Å². The van der Waals surface area contributed by atoms with E-state index < -0.39 is 11.1 Å². The van der Waals surface area contributed by atoms with Crippen molar-refractivity contribution in [3.05, 3.63) is 35.4 Å². The summed E-state index contributed by atoms with van der Waals surface area (Å²) in [6.07, 6.45) is 0. The van der Waals surface area contributed by atoms with Crippen molar-refractivity contribution in [1.29, 1.82) is 0 Å². The standard InChI is InChI=1S/C8H11NO2S/c9-5-7-2-1-3-8(4-7)6-12(10)11/h1-4H,5-6,9H2,(H,10,11). The Bertz CT molecular complexity index is 288. The molecule has 1 rings (SSSR count). The number of rotatable bonds is 3. The fraction of sp³-hybridized carbons (Fsp3) is 0.250. The summed E-state index contributed by atoms with van der Waals surface area (Å²) < 4.78 is 19.1. The quantitative estimate of drug-likeness (QED) is 0.687. The molecule has 0 radical (unpaired) electrons. The highest BCUT2D eigenvalue weighted by atomic mass is 32.2. The van der Waals surface area contributed by atoms with Crippen LogP contribution in [0.2, 0.25) is 0 Å². The van der Waals surface area contributed by atoms with Gasteiger partial charge >= 0.3 is 0 Å². The normalized spacial score (nSPS) is 12.8. The third kappa shape index (κ3) is 2.73. The van der Waals surface area contributed by atoms with E-state index in [0.717, 1.165) is 11.1 Å². The van der Waals surface area contributed by atoms with Crippen molar-refractivity contribution in [3.8, 4) is 0 Å². The topological polar surface area (TPSA) is 63.3 Å². The first-order chi connectivity index (χ1) is 5.72. The van der Waals surface area contributed by atoms with Gasteiger partial charge in [-0.3, -0.25) is 0 Å². The summed E-state index contributed by atoms with van der Waals surface area (Å²) in [6, 6.07) is 7.38. The minimum Gasteiger partial charge on any atom is -0.326 e. The number of hydrogen-bond acceptors (Lipinski definition) is 2. The van der Waals surface area contributed by atoms with E-state index in [1.54, 1.807) is 0 Å². The zero-order valence-electron chi connectivity index (χ0n) is 6.56. The van der Waals surface area contributed by atoms with Gasteiger partial charge in [0.15, 0.2) is 11.1 Å². The Hall–Kier alpha value is -0.710. The molecule has 66 valence electrons. The molecule has 3 N–H and O–H groups in total. The van der Waals surface area contributed by atoms with Crippen LogP contribution in [0.5, 0.6) is 0 Å². The smallest absolute Gasteiger partial charge is 0.157 e. The zero-order valence-corrected chi connectivity index (χ0v) is 7.38. The average molecular weight is 185 g/mol. The second-order valence-corrected chi connectivity index (χ2v) is 3.42. The van der Waals surface area contributed by atoms with Gasteiger partial charge < -0.3 is 10.3 Å². The molecule has 4 heteroatoms. The van der Waals surface area contributed by atoms with Crippen molar-refractivity contribution in [1.82, 2.24) is 0 Å². The van der Waals surface area contributed by atoms with Crippen LogP contribution < -0.4 is 5.73 Å². The van der Waals surface area contributed by atoms with Gasteiger partial charge in [-0.25, -0.2) is 4.21 Å². The summed E-state index contributed by atoms with van der Waals surface area (Å²) in [6.45, 7) is 0.464. The summed E-state index contributed by atoms with van der Waals surface area (Å²) in [5, 5.41) is 0. The van der Waals surface area contributed by atoms with E-state index in [1.807, 2.05) is 24.3 Å². The van der Waals surface area contributed by atoms with E-state index in [9.17, 15) is 4.21 Å². The summed E-state index contributed by atoms with van der Waals surface area (Å²) in [4.78, 5) is 0. The fourth-order valence-corrected chi connectivity index (χ4v) is 1.45. The van der Waals surface area contributed by atoms with Crippen LogP contribution >= 0.6 is 0 Å². The SMILES string of the molecule is NCc1cccc(CS(=O)O)c1. The van der Waals surface area contributed by atoms with Gasteiger partial charge in [0.05, 0.1) is 5.75 Å². The predicted octanol–water partition coefficient (Wildman–Crippen LogP) is 0.867. The lowest BCUT2D eigenvalue weighted by Gasteiger charge is -1.99. The lowest BCUT2D eigenvalue weighted by atomic mass is 10.1. The van der Waals surface area contributed by atoms with Crippen LogP contribution in [0.3, 0.4) is 0 Å². The van der Waals surface area contributed by atoms with Gasteiger partial charge in [0.25, 0.3) is 0 Å². The van der Waals surface area contributed by atoms with Crippen LogP contribution in [0.25, 0.3) is 0 Å². The summed E-state index contributed by atoms with van der Waals surface area (Å²) in [5.41, 5.74) is 7.24. The summed E-state index contributed by atoms with van der Waals surface area (Å²) in [7, 11) is 0. The third-order valence-electron chi connectivity index (χ3n) is 1.52. The predicted molar refractivity (Wildman–Crippen MR) is 48.8 cm³/mol. The Balaban J connectivity index is 2.79. The number of nitrogens with two attached hydrogens (primary N) is 1. The van der Waals surface area contributed by atoms with Crippen LogP contribution in [-0.2, 0) is 23.4 Å². The Morgan fingerprint density at radius 1 is 1.42 bits per heavy atom. The maximum absolute atomic E-state index is 10.4. The number of benzene rings is 1. The molecule has 0 aliphatic heterocycles. The van der Waals surface area contributed by atoms with Gasteiger partial charge in [-0.05, 0) is 11.1 Å². The van der Waals surface area contributed by atoms with Gasteiger partial charge in [0.2, 0.25) is 0 Å². The lowest BCUT2D eigenvalue weighted by Crippen LogP contribution is -1.98. The van der Waals surface area contributed by atoms with Crippen molar-refractivity contribution in [2.45, 2.75) is 12.3 Å². The van der Waals surface area contributed by atoms with E-state index in [-0.39, 0.29) is 5.75 Å². The highest BCUT2D eigenvalue weighted by Gasteiger charge is 1.97. The van der Waals surface area contributed by atoms with Crippen molar-refractivity contribution in [2.75, 3.05) is 0 Å². The third-order valence-corrected chi connectivity index (χ3v) is 2.10. The Kier molecular flexibility index (Phi) is 3.40. The largest absolute Gasteiger partial charge is 0.326 e. The van der Waals surface area contributed by atoms with Gasteiger partial charge in [-0.2, -0.15) is 0 Å². The maximum Gasteiger partial charge on any atom is 0.157 e. The van der Waals surface area contributed by atoms with E-state index in [1.165, 1.54) is 0 Å². The van der Waals surface area contributed by atoms with Crippen molar-refractivity contribution >= 4 is 11.1 Å². The van der Waals surface area contributed by atoms with E-state index in [0.29, 0.717) is 6.54 Å². The van der Waals surface area contributed by atoms with Gasteiger partial charge in [0, 0.05) is 6.54 Å². The molecular weight excluding hydrogens is 174 g/mol. The van der Waals surface area contributed by atoms with Crippen molar-refractivity contribution in [3.63, 3.8) is 0 Å². The minimum absolute atomic E-state index is 0.174. The first kappa shape index (κ1) is 9.38. The maximum atomic E-state index is 10.4. The van der Waals surface area contributed by atoms with Crippen LogP contribution in [0.1, 0.15) is 11.1 Å². The molecule has 1 aromatic rings. The second-order valence-electron chi connectivity index (χ2n) is 2.49. The molecule has 0 aliphatic rings. The lowest BCUT2D eigenvalue weighted by molar-refractivity contribution is 0.563. The van der Waals surface area contributed by atoms with E-state index in [4.69, 9.17) is 10.3 Å². The molecule has 0 saturated carbocycles. The van der Waals surface area contributed by atoms with Crippen LogP contribution in [0.15, 0.2) is 24.3 Å². The van der Waals surface area contributed by atoms with Gasteiger partial charge in [0.1, 0.15) is 0 Å². The van der Waals surface area contributed by atoms with Gasteiger partial charge in [-0.15, -0.1) is 0 Å². The first-order valence-electron chi connectivity index (χ1n) is 3.57. The van der Waals surface area contributed by atoms with Crippen LogP contribution in [-0.4, -0.2) is 8.76 Å².